The second-order valence-corrected chi connectivity index (χ2v) is 5.76. The zero-order valence-electron chi connectivity index (χ0n) is 12.0. The second-order valence-electron chi connectivity index (χ2n) is 5.76. The predicted molar refractivity (Wildman–Crippen MR) is 70.4 cm³/mol. The van der Waals surface area contributed by atoms with E-state index in [1.807, 2.05) is 0 Å². The van der Waals surface area contributed by atoms with E-state index in [1.54, 1.807) is 0 Å². The average molecular weight is 278 g/mol. The van der Waals surface area contributed by atoms with Gasteiger partial charge in [0.15, 0.2) is 0 Å². The molecule has 0 rings (SSSR count). The van der Waals surface area contributed by atoms with Gasteiger partial charge in [0.1, 0.15) is 22.4 Å². The van der Waals surface area contributed by atoms with Gasteiger partial charge in [-0.2, -0.15) is 0 Å². The van der Waals surface area contributed by atoms with Gasteiger partial charge in [-0.25, -0.2) is 0 Å². The molecule has 0 bridgehead atoms. The monoisotopic (exact) mass is 278 g/mol. The maximum atomic E-state index is 10.5. The van der Waals surface area contributed by atoms with Gasteiger partial charge in [-0.3, -0.25) is 0 Å². The van der Waals surface area contributed by atoms with Crippen LogP contribution in [0.5, 0.6) is 0 Å². The molecule has 0 aromatic carbocycles. The van der Waals surface area contributed by atoms with Crippen molar-refractivity contribution in [3.63, 3.8) is 0 Å². The van der Waals surface area contributed by atoms with E-state index in [-0.39, 0.29) is 6.42 Å². The van der Waals surface area contributed by atoms with Crippen LogP contribution in [0.4, 0.5) is 0 Å². The van der Waals surface area contributed by atoms with Crippen LogP contribution >= 0.6 is 0 Å². The van der Waals surface area contributed by atoms with Crippen molar-refractivity contribution >= 4 is 0 Å². The summed E-state index contributed by atoms with van der Waals surface area (Å²) in [6.45, 7) is 7.02. The molecule has 0 aliphatic rings. The summed E-state index contributed by atoms with van der Waals surface area (Å²) in [5.74, 6) is 0. The third-order valence-electron chi connectivity index (χ3n) is 4.33. The van der Waals surface area contributed by atoms with Crippen molar-refractivity contribution in [1.82, 2.24) is 0 Å². The second kappa shape index (κ2) is 5.47. The van der Waals surface area contributed by atoms with Crippen LogP contribution in [0.1, 0.15) is 34.1 Å². The van der Waals surface area contributed by atoms with Crippen LogP contribution in [0.3, 0.4) is 0 Å². The Balaban J connectivity index is 5.64. The molecule has 0 saturated heterocycles. The minimum absolute atomic E-state index is 0.0134. The number of aliphatic hydroxyl groups excluding tert-OH is 2. The molecule has 0 aromatic heterocycles. The minimum atomic E-state index is -2.30. The Morgan fingerprint density at radius 2 is 1.42 bits per heavy atom. The zero-order valence-corrected chi connectivity index (χ0v) is 12.0. The van der Waals surface area contributed by atoms with E-state index >= 15 is 0 Å². The molecule has 0 aromatic rings. The lowest BCUT2D eigenvalue weighted by atomic mass is 9.64. The predicted octanol–water partition coefficient (Wildman–Crippen LogP) is -1.08. The van der Waals surface area contributed by atoms with E-state index < -0.39 is 35.1 Å². The van der Waals surface area contributed by atoms with E-state index in [2.05, 4.69) is 6.58 Å². The van der Waals surface area contributed by atoms with Gasteiger partial charge in [0.25, 0.3) is 0 Å². The fourth-order valence-electron chi connectivity index (χ4n) is 1.88. The molecule has 0 aliphatic carbocycles. The Morgan fingerprint density at radius 3 is 1.74 bits per heavy atom. The highest BCUT2D eigenvalue weighted by atomic mass is 16.4. The molecule has 0 fully saturated rings. The largest absolute Gasteiger partial charge is 0.393 e. The Labute approximate surface area is 113 Å². The van der Waals surface area contributed by atoms with Crippen molar-refractivity contribution in [3.8, 4) is 0 Å². The van der Waals surface area contributed by atoms with Gasteiger partial charge in [-0.05, 0) is 34.1 Å². The average Bonchev–Trinajstić information content (AvgIpc) is 2.28. The molecule has 6 nitrogen and oxygen atoms in total. The molecular weight excluding hydrogens is 252 g/mol. The molecular formula is C13H26O6. The summed E-state index contributed by atoms with van der Waals surface area (Å²) in [7, 11) is 0. The lowest BCUT2D eigenvalue weighted by Crippen LogP contribution is -2.75. The van der Waals surface area contributed by atoms with E-state index in [0.717, 1.165) is 27.7 Å². The summed E-state index contributed by atoms with van der Waals surface area (Å²) in [6, 6.07) is 0. The van der Waals surface area contributed by atoms with Gasteiger partial charge in [0.05, 0.1) is 12.7 Å². The summed E-state index contributed by atoms with van der Waals surface area (Å²) in [5.41, 5.74) is -8.78. The highest BCUT2D eigenvalue weighted by Gasteiger charge is 2.63. The Morgan fingerprint density at radius 1 is 1.00 bits per heavy atom. The Bertz CT molecular complexity index is 319. The van der Waals surface area contributed by atoms with Crippen molar-refractivity contribution in [1.29, 1.82) is 0 Å². The third kappa shape index (κ3) is 2.84. The summed E-state index contributed by atoms with van der Waals surface area (Å²) in [6.07, 6.45) is -0.0600. The number of hydrogen-bond donors (Lipinski definition) is 6. The van der Waals surface area contributed by atoms with Crippen LogP contribution in [-0.2, 0) is 0 Å². The van der Waals surface area contributed by atoms with Crippen LogP contribution in [0.15, 0.2) is 12.7 Å². The lowest BCUT2D eigenvalue weighted by molar-refractivity contribution is -0.301. The quantitative estimate of drug-likeness (QED) is 0.329. The highest BCUT2D eigenvalue weighted by molar-refractivity contribution is 5.15. The Hall–Kier alpha value is -0.500. The molecule has 0 aliphatic heterocycles. The smallest absolute Gasteiger partial charge is 0.124 e. The minimum Gasteiger partial charge on any atom is -0.393 e. The summed E-state index contributed by atoms with van der Waals surface area (Å²) >= 11 is 0. The van der Waals surface area contributed by atoms with Crippen LogP contribution in [0, 0.1) is 0 Å². The standard InChI is InChI=1S/C13H26O6/c1-6-7-9(15)11(3,17)13(5,19)12(4,18)10(2,16)8-14/h6,9,14-19H,1,7-8H2,2-5H3. The van der Waals surface area contributed by atoms with E-state index in [9.17, 15) is 25.5 Å². The molecule has 114 valence electrons. The normalized spacial score (nSPS) is 26.4. The fourth-order valence-corrected chi connectivity index (χ4v) is 1.88. The fraction of sp³-hybridized carbons (Fsp3) is 0.846. The first-order valence-corrected chi connectivity index (χ1v) is 6.09. The lowest BCUT2D eigenvalue weighted by Gasteiger charge is -2.53. The maximum absolute atomic E-state index is 10.5. The Kier molecular flexibility index (Phi) is 5.33. The molecule has 5 atom stereocenters. The maximum Gasteiger partial charge on any atom is 0.124 e. The third-order valence-corrected chi connectivity index (χ3v) is 4.33. The first-order chi connectivity index (χ1) is 8.29. The highest BCUT2D eigenvalue weighted by Crippen LogP contribution is 2.41. The van der Waals surface area contributed by atoms with Crippen LogP contribution in [0.2, 0.25) is 0 Å². The number of rotatable bonds is 7. The van der Waals surface area contributed by atoms with Crippen molar-refractivity contribution in [3.05, 3.63) is 12.7 Å². The van der Waals surface area contributed by atoms with E-state index in [0.29, 0.717) is 0 Å². The van der Waals surface area contributed by atoms with Gasteiger partial charge in [0.2, 0.25) is 0 Å². The van der Waals surface area contributed by atoms with E-state index in [1.165, 1.54) is 6.08 Å². The molecule has 0 radical (unpaired) electrons. The van der Waals surface area contributed by atoms with Gasteiger partial charge < -0.3 is 30.6 Å². The first-order valence-electron chi connectivity index (χ1n) is 6.09. The van der Waals surface area contributed by atoms with Crippen molar-refractivity contribution in [2.45, 2.75) is 62.6 Å². The molecule has 19 heavy (non-hydrogen) atoms. The molecule has 5 unspecified atom stereocenters. The van der Waals surface area contributed by atoms with Crippen molar-refractivity contribution in [2.24, 2.45) is 0 Å². The SMILES string of the molecule is C=CCC(O)C(C)(O)C(C)(O)C(C)(O)C(C)(O)CO. The van der Waals surface area contributed by atoms with E-state index in [4.69, 9.17) is 5.11 Å². The van der Waals surface area contributed by atoms with Crippen LogP contribution in [0.25, 0.3) is 0 Å². The number of aliphatic hydroxyl groups is 6. The zero-order chi connectivity index (χ0) is 15.7. The van der Waals surface area contributed by atoms with Gasteiger partial charge >= 0.3 is 0 Å². The first kappa shape index (κ1) is 18.5. The summed E-state index contributed by atoms with van der Waals surface area (Å²) in [5, 5.41) is 60.2. The topological polar surface area (TPSA) is 121 Å². The van der Waals surface area contributed by atoms with Gasteiger partial charge in [-0.15, -0.1) is 6.58 Å². The molecule has 0 spiro atoms. The summed E-state index contributed by atoms with van der Waals surface area (Å²) < 4.78 is 0. The molecule has 0 saturated carbocycles. The summed E-state index contributed by atoms with van der Waals surface area (Å²) in [4.78, 5) is 0. The van der Waals surface area contributed by atoms with Crippen LogP contribution < -0.4 is 0 Å². The van der Waals surface area contributed by atoms with Gasteiger partial charge in [0, 0.05) is 0 Å². The van der Waals surface area contributed by atoms with Crippen LogP contribution in [-0.4, -0.2) is 65.8 Å². The van der Waals surface area contributed by atoms with Gasteiger partial charge in [-0.1, -0.05) is 6.08 Å². The molecule has 6 heteroatoms. The molecule has 0 amide bonds. The molecule has 6 N–H and O–H groups in total. The van der Waals surface area contributed by atoms with Crippen molar-refractivity contribution < 1.29 is 30.6 Å². The number of hydrogen-bond acceptors (Lipinski definition) is 6. The molecule has 0 heterocycles. The van der Waals surface area contributed by atoms with Crippen molar-refractivity contribution in [2.75, 3.05) is 6.61 Å².